The van der Waals surface area contributed by atoms with Crippen molar-refractivity contribution in [3.63, 3.8) is 0 Å². The van der Waals surface area contributed by atoms with Gasteiger partial charge < -0.3 is 5.32 Å². The SMILES string of the molecule is N#Cc1csc(CNCc2ccccn2)c1. The van der Waals surface area contributed by atoms with Crippen molar-refractivity contribution in [2.24, 2.45) is 0 Å². The van der Waals surface area contributed by atoms with E-state index in [1.54, 1.807) is 17.5 Å². The summed E-state index contributed by atoms with van der Waals surface area (Å²) < 4.78 is 0. The number of hydrogen-bond donors (Lipinski definition) is 1. The zero-order valence-corrected chi connectivity index (χ0v) is 9.50. The molecule has 0 amide bonds. The highest BCUT2D eigenvalue weighted by atomic mass is 32.1. The van der Waals surface area contributed by atoms with Crippen molar-refractivity contribution in [2.45, 2.75) is 13.1 Å². The van der Waals surface area contributed by atoms with Crippen LogP contribution in [0.4, 0.5) is 0 Å². The first kappa shape index (κ1) is 10.8. The Hall–Kier alpha value is -1.70. The number of nitrogens with zero attached hydrogens (tertiary/aromatic N) is 2. The Balaban J connectivity index is 1.83. The zero-order chi connectivity index (χ0) is 11.2. The molecular weight excluding hydrogens is 218 g/mol. The molecule has 0 unspecified atom stereocenters. The number of rotatable bonds is 4. The van der Waals surface area contributed by atoms with Crippen LogP contribution in [0, 0.1) is 11.3 Å². The Bertz CT molecular complexity index is 484. The fourth-order valence-electron chi connectivity index (χ4n) is 1.35. The maximum Gasteiger partial charge on any atom is 0.100 e. The third-order valence-corrected chi connectivity index (χ3v) is 3.05. The van der Waals surface area contributed by atoms with Gasteiger partial charge >= 0.3 is 0 Å². The van der Waals surface area contributed by atoms with E-state index in [0.717, 1.165) is 24.3 Å². The minimum atomic E-state index is 0.736. The summed E-state index contributed by atoms with van der Waals surface area (Å²) in [7, 11) is 0. The van der Waals surface area contributed by atoms with Crippen molar-refractivity contribution in [2.75, 3.05) is 0 Å². The molecule has 0 aliphatic heterocycles. The van der Waals surface area contributed by atoms with Crippen LogP contribution < -0.4 is 5.32 Å². The fourth-order valence-corrected chi connectivity index (χ4v) is 2.13. The van der Waals surface area contributed by atoms with Crippen molar-refractivity contribution in [3.8, 4) is 6.07 Å². The number of aromatic nitrogens is 1. The van der Waals surface area contributed by atoms with Crippen LogP contribution in [-0.2, 0) is 13.1 Å². The normalized spacial score (nSPS) is 9.94. The third kappa shape index (κ3) is 2.89. The van der Waals surface area contributed by atoms with Crippen LogP contribution in [0.2, 0.25) is 0 Å². The number of nitriles is 1. The van der Waals surface area contributed by atoms with Crippen molar-refractivity contribution < 1.29 is 0 Å². The van der Waals surface area contributed by atoms with E-state index < -0.39 is 0 Å². The monoisotopic (exact) mass is 229 g/mol. The molecule has 0 aliphatic rings. The van der Waals surface area contributed by atoms with Crippen LogP contribution in [0.5, 0.6) is 0 Å². The number of hydrogen-bond acceptors (Lipinski definition) is 4. The summed E-state index contributed by atoms with van der Waals surface area (Å²) in [5, 5.41) is 13.8. The quantitative estimate of drug-likeness (QED) is 0.875. The van der Waals surface area contributed by atoms with Crippen molar-refractivity contribution in [1.82, 2.24) is 10.3 Å². The van der Waals surface area contributed by atoms with Gasteiger partial charge in [-0.05, 0) is 18.2 Å². The third-order valence-electron chi connectivity index (χ3n) is 2.11. The van der Waals surface area contributed by atoms with Gasteiger partial charge in [0.1, 0.15) is 6.07 Å². The Kier molecular flexibility index (Phi) is 3.65. The average molecular weight is 229 g/mol. The van der Waals surface area contributed by atoms with Gasteiger partial charge in [-0.2, -0.15) is 5.26 Å². The predicted molar refractivity (Wildman–Crippen MR) is 63.8 cm³/mol. The number of nitrogens with one attached hydrogen (secondary N) is 1. The van der Waals surface area contributed by atoms with E-state index in [1.165, 1.54) is 4.88 Å². The van der Waals surface area contributed by atoms with Crippen molar-refractivity contribution in [3.05, 3.63) is 52.0 Å². The van der Waals surface area contributed by atoms with E-state index >= 15 is 0 Å². The molecule has 0 aliphatic carbocycles. The molecule has 0 radical (unpaired) electrons. The lowest BCUT2D eigenvalue weighted by molar-refractivity contribution is 0.686. The van der Waals surface area contributed by atoms with E-state index in [1.807, 2.05) is 29.6 Å². The van der Waals surface area contributed by atoms with Crippen LogP contribution in [0.3, 0.4) is 0 Å². The van der Waals surface area contributed by atoms with E-state index in [0.29, 0.717) is 0 Å². The van der Waals surface area contributed by atoms with Gasteiger partial charge in [0.25, 0.3) is 0 Å². The molecule has 0 bridgehead atoms. The minimum Gasteiger partial charge on any atom is -0.306 e. The standard InChI is InChI=1S/C12H11N3S/c13-6-10-5-12(16-9-10)8-14-7-11-3-1-2-4-15-11/h1-5,9,14H,7-8H2. The van der Waals surface area contributed by atoms with Gasteiger partial charge in [0.15, 0.2) is 0 Å². The smallest absolute Gasteiger partial charge is 0.100 e. The van der Waals surface area contributed by atoms with E-state index in [2.05, 4.69) is 16.4 Å². The Morgan fingerprint density at radius 3 is 3.00 bits per heavy atom. The Morgan fingerprint density at radius 1 is 1.38 bits per heavy atom. The maximum absolute atomic E-state index is 8.68. The van der Waals surface area contributed by atoms with Gasteiger partial charge in [0.05, 0.1) is 11.3 Å². The highest BCUT2D eigenvalue weighted by molar-refractivity contribution is 7.10. The minimum absolute atomic E-state index is 0.736. The summed E-state index contributed by atoms with van der Waals surface area (Å²) in [4.78, 5) is 5.39. The highest BCUT2D eigenvalue weighted by Gasteiger charge is 1.98. The molecule has 0 atom stereocenters. The summed E-state index contributed by atoms with van der Waals surface area (Å²) in [6, 6.07) is 9.91. The second-order valence-corrected chi connectivity index (χ2v) is 4.33. The molecule has 0 saturated heterocycles. The number of pyridine rings is 1. The van der Waals surface area contributed by atoms with E-state index in [4.69, 9.17) is 5.26 Å². The molecule has 16 heavy (non-hydrogen) atoms. The summed E-state index contributed by atoms with van der Waals surface area (Å²) in [5.74, 6) is 0. The topological polar surface area (TPSA) is 48.7 Å². The van der Waals surface area contributed by atoms with E-state index in [9.17, 15) is 0 Å². The van der Waals surface area contributed by atoms with Crippen molar-refractivity contribution in [1.29, 1.82) is 5.26 Å². The molecule has 0 aromatic carbocycles. The molecule has 2 aromatic rings. The molecule has 4 heteroatoms. The lowest BCUT2D eigenvalue weighted by Crippen LogP contribution is -2.12. The van der Waals surface area contributed by atoms with E-state index in [-0.39, 0.29) is 0 Å². The van der Waals surface area contributed by atoms with Crippen molar-refractivity contribution >= 4 is 11.3 Å². The summed E-state index contributed by atoms with van der Waals surface area (Å²) in [6.45, 7) is 1.53. The predicted octanol–water partition coefficient (Wildman–Crippen LogP) is 2.30. The van der Waals surface area contributed by atoms with Gasteiger partial charge in [-0.3, -0.25) is 4.98 Å². The van der Waals surface area contributed by atoms with Gasteiger partial charge in [-0.25, -0.2) is 0 Å². The van der Waals surface area contributed by atoms with Gasteiger partial charge in [-0.15, -0.1) is 11.3 Å². The molecule has 2 rings (SSSR count). The van der Waals surface area contributed by atoms with Crippen LogP contribution in [0.15, 0.2) is 35.8 Å². The zero-order valence-electron chi connectivity index (χ0n) is 8.68. The van der Waals surface area contributed by atoms with Crippen LogP contribution in [0.1, 0.15) is 16.1 Å². The first-order chi connectivity index (χ1) is 7.88. The first-order valence-corrected chi connectivity index (χ1v) is 5.84. The second kappa shape index (κ2) is 5.40. The molecule has 1 N–H and O–H groups in total. The largest absolute Gasteiger partial charge is 0.306 e. The molecular formula is C12H11N3S. The average Bonchev–Trinajstić information content (AvgIpc) is 2.78. The number of thiophene rings is 1. The second-order valence-electron chi connectivity index (χ2n) is 3.34. The molecule has 3 nitrogen and oxygen atoms in total. The van der Waals surface area contributed by atoms with Crippen LogP contribution in [-0.4, -0.2) is 4.98 Å². The fraction of sp³-hybridized carbons (Fsp3) is 0.167. The lowest BCUT2D eigenvalue weighted by atomic mass is 10.3. The molecule has 0 saturated carbocycles. The Morgan fingerprint density at radius 2 is 2.31 bits per heavy atom. The van der Waals surface area contributed by atoms with Gasteiger partial charge in [0, 0.05) is 29.5 Å². The van der Waals surface area contributed by atoms with Crippen LogP contribution in [0.25, 0.3) is 0 Å². The summed E-state index contributed by atoms with van der Waals surface area (Å²) in [5.41, 5.74) is 1.76. The van der Waals surface area contributed by atoms with Crippen LogP contribution >= 0.6 is 11.3 Å². The van der Waals surface area contributed by atoms with Gasteiger partial charge in [0.2, 0.25) is 0 Å². The summed E-state index contributed by atoms with van der Waals surface area (Å²) in [6.07, 6.45) is 1.79. The molecule has 2 heterocycles. The molecule has 80 valence electrons. The Labute approximate surface area is 98.4 Å². The first-order valence-electron chi connectivity index (χ1n) is 4.96. The van der Waals surface area contributed by atoms with Gasteiger partial charge in [-0.1, -0.05) is 6.07 Å². The molecule has 2 aromatic heterocycles. The highest BCUT2D eigenvalue weighted by Crippen LogP contribution is 2.13. The lowest BCUT2D eigenvalue weighted by Gasteiger charge is -2.01. The summed E-state index contributed by atoms with van der Waals surface area (Å²) >= 11 is 1.60. The maximum atomic E-state index is 8.68. The molecule has 0 fully saturated rings. The molecule has 0 spiro atoms.